The number of nitrogens with one attached hydrogen (secondary N) is 1. The molecule has 1 heterocycles. The molecule has 0 radical (unpaired) electrons. The number of carboxylic acids is 1. The molecular weight excluding hydrogens is 274 g/mol. The minimum Gasteiger partial charge on any atom is -0.480 e. The van der Waals surface area contributed by atoms with Crippen LogP contribution >= 0.6 is 11.5 Å². The summed E-state index contributed by atoms with van der Waals surface area (Å²) in [6.45, 7) is 3.99. The molecular formula is C14H17N3O2S. The second-order valence-electron chi connectivity index (χ2n) is 4.95. The molecule has 0 amide bonds. The predicted molar refractivity (Wildman–Crippen MR) is 79.8 cm³/mol. The highest BCUT2D eigenvalue weighted by Crippen LogP contribution is 2.22. The Hall–Kier alpha value is -1.95. The molecule has 20 heavy (non-hydrogen) atoms. The summed E-state index contributed by atoms with van der Waals surface area (Å²) in [5.41, 5.74) is 0.924. The van der Waals surface area contributed by atoms with Crippen LogP contribution in [0.4, 0.5) is 5.13 Å². The Morgan fingerprint density at radius 2 is 2.05 bits per heavy atom. The number of anilines is 1. The van der Waals surface area contributed by atoms with Gasteiger partial charge in [0.05, 0.1) is 0 Å². The monoisotopic (exact) mass is 291 g/mol. The van der Waals surface area contributed by atoms with E-state index >= 15 is 0 Å². The second kappa shape index (κ2) is 6.47. The Kier molecular flexibility index (Phi) is 4.68. The lowest BCUT2D eigenvalue weighted by Gasteiger charge is -2.15. The Bertz CT molecular complexity index is 569. The van der Waals surface area contributed by atoms with Crippen molar-refractivity contribution in [3.05, 3.63) is 30.3 Å². The number of aliphatic carboxylic acids is 1. The van der Waals surface area contributed by atoms with Gasteiger partial charge in [-0.3, -0.25) is 0 Å². The molecule has 1 aromatic carbocycles. The number of rotatable bonds is 6. The first-order chi connectivity index (χ1) is 9.56. The standard InChI is InChI=1S/C14H17N3O2S/c1-9(2)8-11(13(18)19)15-14-16-12(17-20-14)10-6-4-3-5-7-10/h3-7,9,11H,8H2,1-2H3,(H,18,19)(H,15,16,17)/t11-/m1/s1. The lowest BCUT2D eigenvalue weighted by Crippen LogP contribution is -2.30. The van der Waals surface area contributed by atoms with E-state index in [4.69, 9.17) is 0 Å². The van der Waals surface area contributed by atoms with Crippen molar-refractivity contribution in [2.24, 2.45) is 5.92 Å². The van der Waals surface area contributed by atoms with Crippen LogP contribution in [-0.2, 0) is 4.79 Å². The zero-order chi connectivity index (χ0) is 14.5. The van der Waals surface area contributed by atoms with Gasteiger partial charge in [0.25, 0.3) is 0 Å². The maximum absolute atomic E-state index is 11.2. The number of aromatic nitrogens is 2. The average Bonchev–Trinajstić information content (AvgIpc) is 2.87. The molecule has 0 fully saturated rings. The Balaban J connectivity index is 2.10. The van der Waals surface area contributed by atoms with Gasteiger partial charge in [-0.2, -0.15) is 9.36 Å². The van der Waals surface area contributed by atoms with Gasteiger partial charge in [0.1, 0.15) is 6.04 Å². The minimum atomic E-state index is -0.866. The Labute approximate surface area is 121 Å². The van der Waals surface area contributed by atoms with Gasteiger partial charge in [0.2, 0.25) is 5.13 Å². The van der Waals surface area contributed by atoms with Crippen molar-refractivity contribution in [2.45, 2.75) is 26.3 Å². The topological polar surface area (TPSA) is 75.1 Å². The first kappa shape index (κ1) is 14.5. The number of benzene rings is 1. The molecule has 0 spiro atoms. The molecule has 1 atom stereocenters. The minimum absolute atomic E-state index is 0.296. The van der Waals surface area contributed by atoms with E-state index in [2.05, 4.69) is 14.7 Å². The second-order valence-corrected chi connectivity index (χ2v) is 5.71. The maximum atomic E-state index is 11.2. The van der Waals surface area contributed by atoms with E-state index in [-0.39, 0.29) is 0 Å². The first-order valence-electron chi connectivity index (χ1n) is 6.44. The number of hydrogen-bond donors (Lipinski definition) is 2. The van der Waals surface area contributed by atoms with Gasteiger partial charge in [0, 0.05) is 17.1 Å². The van der Waals surface area contributed by atoms with Crippen molar-refractivity contribution in [3.63, 3.8) is 0 Å². The highest BCUT2D eigenvalue weighted by Gasteiger charge is 2.20. The third-order valence-electron chi connectivity index (χ3n) is 2.76. The molecule has 2 N–H and O–H groups in total. The zero-order valence-corrected chi connectivity index (χ0v) is 12.2. The number of carbonyl (C=O) groups is 1. The average molecular weight is 291 g/mol. The van der Waals surface area contributed by atoms with Gasteiger partial charge >= 0.3 is 5.97 Å². The van der Waals surface area contributed by atoms with Crippen molar-refractivity contribution < 1.29 is 9.90 Å². The fraction of sp³-hybridized carbons (Fsp3) is 0.357. The molecule has 0 saturated heterocycles. The third kappa shape index (κ3) is 3.77. The smallest absolute Gasteiger partial charge is 0.326 e. The summed E-state index contributed by atoms with van der Waals surface area (Å²) in [5.74, 6) is 0.0482. The van der Waals surface area contributed by atoms with Crippen LogP contribution in [0.15, 0.2) is 30.3 Å². The van der Waals surface area contributed by atoms with Crippen LogP contribution in [0.1, 0.15) is 20.3 Å². The van der Waals surface area contributed by atoms with Crippen LogP contribution in [0.25, 0.3) is 11.4 Å². The summed E-state index contributed by atoms with van der Waals surface area (Å²) in [5, 5.41) is 12.7. The lowest BCUT2D eigenvalue weighted by molar-refractivity contribution is -0.138. The molecule has 106 valence electrons. The number of hydrogen-bond acceptors (Lipinski definition) is 5. The van der Waals surface area contributed by atoms with Crippen molar-refractivity contribution in [1.82, 2.24) is 9.36 Å². The molecule has 5 nitrogen and oxygen atoms in total. The Morgan fingerprint density at radius 1 is 1.35 bits per heavy atom. The SMILES string of the molecule is CC(C)C[C@@H](Nc1nc(-c2ccccc2)ns1)C(=O)O. The Morgan fingerprint density at radius 3 is 2.65 bits per heavy atom. The van der Waals surface area contributed by atoms with Crippen LogP contribution in [-0.4, -0.2) is 26.5 Å². The highest BCUT2D eigenvalue weighted by atomic mass is 32.1. The molecule has 0 unspecified atom stereocenters. The first-order valence-corrected chi connectivity index (χ1v) is 7.22. The quantitative estimate of drug-likeness (QED) is 0.855. The summed E-state index contributed by atoms with van der Waals surface area (Å²) in [6.07, 6.45) is 0.551. The molecule has 0 aliphatic rings. The van der Waals surface area contributed by atoms with Gasteiger partial charge in [-0.05, 0) is 12.3 Å². The van der Waals surface area contributed by atoms with E-state index in [0.717, 1.165) is 5.56 Å². The molecule has 2 rings (SSSR count). The zero-order valence-electron chi connectivity index (χ0n) is 11.4. The van der Waals surface area contributed by atoms with Gasteiger partial charge in [0.15, 0.2) is 5.82 Å². The lowest BCUT2D eigenvalue weighted by atomic mass is 10.0. The van der Waals surface area contributed by atoms with Gasteiger partial charge in [-0.15, -0.1) is 0 Å². The summed E-state index contributed by atoms with van der Waals surface area (Å²) >= 11 is 1.18. The fourth-order valence-electron chi connectivity index (χ4n) is 1.83. The molecule has 0 aliphatic carbocycles. The van der Waals surface area contributed by atoms with Crippen molar-refractivity contribution in [2.75, 3.05) is 5.32 Å². The fourth-order valence-corrected chi connectivity index (χ4v) is 2.47. The summed E-state index contributed by atoms with van der Waals surface area (Å²) in [7, 11) is 0. The van der Waals surface area contributed by atoms with Gasteiger partial charge in [-0.25, -0.2) is 4.79 Å². The van der Waals surface area contributed by atoms with E-state index < -0.39 is 12.0 Å². The van der Waals surface area contributed by atoms with Gasteiger partial charge in [-0.1, -0.05) is 44.2 Å². The van der Waals surface area contributed by atoms with Crippen LogP contribution in [0, 0.1) is 5.92 Å². The number of carboxylic acid groups (broad SMARTS) is 1. The molecule has 0 aliphatic heterocycles. The third-order valence-corrected chi connectivity index (χ3v) is 3.41. The van der Waals surface area contributed by atoms with Crippen molar-refractivity contribution >= 4 is 22.6 Å². The largest absolute Gasteiger partial charge is 0.480 e. The highest BCUT2D eigenvalue weighted by molar-refractivity contribution is 7.09. The summed E-state index contributed by atoms with van der Waals surface area (Å²) < 4.78 is 4.25. The van der Waals surface area contributed by atoms with Gasteiger partial charge < -0.3 is 10.4 Å². The van der Waals surface area contributed by atoms with Crippen LogP contribution < -0.4 is 5.32 Å². The van der Waals surface area contributed by atoms with Crippen LogP contribution in [0.5, 0.6) is 0 Å². The summed E-state index contributed by atoms with van der Waals surface area (Å²) in [6, 6.07) is 8.98. The van der Waals surface area contributed by atoms with Crippen molar-refractivity contribution in [1.29, 1.82) is 0 Å². The van der Waals surface area contributed by atoms with E-state index in [1.807, 2.05) is 44.2 Å². The summed E-state index contributed by atoms with van der Waals surface area (Å²) in [4.78, 5) is 15.6. The van der Waals surface area contributed by atoms with Crippen molar-refractivity contribution in [3.8, 4) is 11.4 Å². The normalized spacial score (nSPS) is 12.3. The van der Waals surface area contributed by atoms with E-state index in [1.165, 1.54) is 11.5 Å². The molecule has 6 heteroatoms. The maximum Gasteiger partial charge on any atom is 0.326 e. The predicted octanol–water partition coefficient (Wildman–Crippen LogP) is 3.12. The molecule has 0 bridgehead atoms. The van der Waals surface area contributed by atoms with Crippen LogP contribution in [0.2, 0.25) is 0 Å². The molecule has 2 aromatic rings. The van der Waals surface area contributed by atoms with E-state index in [1.54, 1.807) is 0 Å². The van der Waals surface area contributed by atoms with E-state index in [0.29, 0.717) is 23.3 Å². The van der Waals surface area contributed by atoms with Crippen LogP contribution in [0.3, 0.4) is 0 Å². The molecule has 1 aromatic heterocycles. The molecule has 0 saturated carbocycles. The van der Waals surface area contributed by atoms with E-state index in [9.17, 15) is 9.90 Å². The number of nitrogens with zero attached hydrogens (tertiary/aromatic N) is 2.